The minimum absolute atomic E-state index is 0.996. The van der Waals surface area contributed by atoms with Crippen molar-refractivity contribution in [2.24, 2.45) is 0 Å². The first kappa shape index (κ1) is 4.33. The van der Waals surface area contributed by atoms with Crippen LogP contribution in [0, 0.1) is 6.16 Å². The summed E-state index contributed by atoms with van der Waals surface area (Å²) in [5.74, 6) is 2.24. The number of allylic oxidation sites excluding steroid dienone is 1. The summed E-state index contributed by atoms with van der Waals surface area (Å²) < 4.78 is 0. The van der Waals surface area contributed by atoms with E-state index in [-0.39, 0.29) is 0 Å². The lowest BCUT2D eigenvalue weighted by Gasteiger charge is -1.97. The van der Waals surface area contributed by atoms with E-state index in [4.69, 9.17) is 0 Å². The molecule has 0 aromatic rings. The molecule has 0 bridgehead atoms. The summed E-state index contributed by atoms with van der Waals surface area (Å²) in [5, 5.41) is 0. The van der Waals surface area contributed by atoms with Crippen molar-refractivity contribution in [2.75, 3.05) is 0 Å². The summed E-state index contributed by atoms with van der Waals surface area (Å²) in [6.07, 6.45) is 7.15. The van der Waals surface area contributed by atoms with Crippen molar-refractivity contribution in [1.29, 1.82) is 0 Å². The van der Waals surface area contributed by atoms with Crippen LogP contribution in [0.2, 0.25) is 0 Å². The zero-order chi connectivity index (χ0) is 4.24. The molecule has 0 saturated carbocycles. The predicted octanol–water partition coefficient (Wildman–Crippen LogP) is 2.13. The smallest absolute Gasteiger partial charge is 0.0131 e. The minimum atomic E-state index is 0.996. The van der Waals surface area contributed by atoms with Crippen LogP contribution in [0.5, 0.6) is 0 Å². The van der Waals surface area contributed by atoms with E-state index < -0.39 is 0 Å². The van der Waals surface area contributed by atoms with Crippen molar-refractivity contribution < 1.29 is 0 Å². The molecule has 0 amide bonds. The quantitative estimate of drug-likeness (QED) is 0.408. The Morgan fingerprint density at radius 2 is 2.33 bits per heavy atom. The van der Waals surface area contributed by atoms with Gasteiger partial charge in [-0.25, -0.2) is 0 Å². The van der Waals surface area contributed by atoms with Gasteiger partial charge < -0.3 is 0 Å². The standard InChI is InChI=1S/C5H8P/c1-2-4-6-5-3-1/h2,4-6H,1,3H2. The van der Waals surface area contributed by atoms with Crippen LogP contribution < -0.4 is 0 Å². The van der Waals surface area contributed by atoms with Gasteiger partial charge in [0, 0.05) is 0 Å². The number of rotatable bonds is 0. The normalized spacial score (nSPS) is 25.3. The highest BCUT2D eigenvalue weighted by Gasteiger charge is 1.87. The van der Waals surface area contributed by atoms with Crippen LogP contribution in [-0.2, 0) is 0 Å². The molecule has 0 aromatic carbocycles. The fraction of sp³-hybridized carbons (Fsp3) is 0.400. The average molecular weight is 99.1 g/mol. The molecule has 1 radical (unpaired) electrons. The van der Waals surface area contributed by atoms with E-state index in [0.29, 0.717) is 0 Å². The molecule has 6 heavy (non-hydrogen) atoms. The third-order valence-electron chi connectivity index (χ3n) is 0.810. The molecule has 0 aromatic heterocycles. The van der Waals surface area contributed by atoms with Crippen LogP contribution in [0.25, 0.3) is 0 Å². The highest BCUT2D eigenvalue weighted by Crippen LogP contribution is 2.24. The van der Waals surface area contributed by atoms with Gasteiger partial charge in [0.1, 0.15) is 0 Å². The molecule has 1 rings (SSSR count). The molecule has 0 saturated heterocycles. The predicted molar refractivity (Wildman–Crippen MR) is 31.0 cm³/mol. The third-order valence-corrected chi connectivity index (χ3v) is 1.76. The first-order valence-electron chi connectivity index (χ1n) is 2.23. The van der Waals surface area contributed by atoms with Crippen LogP contribution in [0.3, 0.4) is 0 Å². The van der Waals surface area contributed by atoms with Gasteiger partial charge in [0.15, 0.2) is 0 Å². The fourth-order valence-corrected chi connectivity index (χ4v) is 1.25. The van der Waals surface area contributed by atoms with E-state index in [0.717, 1.165) is 8.58 Å². The van der Waals surface area contributed by atoms with Gasteiger partial charge in [-0.15, -0.1) is 0 Å². The molecule has 1 heteroatoms. The van der Waals surface area contributed by atoms with E-state index in [1.165, 1.54) is 12.8 Å². The van der Waals surface area contributed by atoms with Crippen molar-refractivity contribution in [3.05, 3.63) is 18.1 Å². The Morgan fingerprint density at radius 1 is 1.33 bits per heavy atom. The Bertz CT molecular complexity index is 49.0. The van der Waals surface area contributed by atoms with E-state index in [2.05, 4.69) is 18.1 Å². The third kappa shape index (κ3) is 1.10. The first-order chi connectivity index (χ1) is 3.00. The van der Waals surface area contributed by atoms with Crippen molar-refractivity contribution in [2.45, 2.75) is 12.8 Å². The summed E-state index contributed by atoms with van der Waals surface area (Å²) in [4.78, 5) is 0. The Morgan fingerprint density at radius 3 is 2.50 bits per heavy atom. The zero-order valence-corrected chi connectivity index (χ0v) is 4.65. The second kappa shape index (κ2) is 2.36. The van der Waals surface area contributed by atoms with Gasteiger partial charge >= 0.3 is 0 Å². The number of hydrogen-bond acceptors (Lipinski definition) is 0. The van der Waals surface area contributed by atoms with Crippen molar-refractivity contribution >= 4 is 8.58 Å². The van der Waals surface area contributed by atoms with Crippen LogP contribution in [0.1, 0.15) is 12.8 Å². The van der Waals surface area contributed by atoms with E-state index in [9.17, 15) is 0 Å². The maximum absolute atomic E-state index is 2.33. The zero-order valence-electron chi connectivity index (χ0n) is 3.65. The molecular weight excluding hydrogens is 91.0 g/mol. The monoisotopic (exact) mass is 99.0 g/mol. The molecular formula is C5H8P. The van der Waals surface area contributed by atoms with Gasteiger partial charge in [-0.05, 0) is 19.0 Å². The number of hydrogen-bond donors (Lipinski definition) is 0. The van der Waals surface area contributed by atoms with E-state index in [1.807, 2.05) is 0 Å². The Balaban J connectivity index is 2.26. The molecule has 0 nitrogen and oxygen atoms in total. The van der Waals surface area contributed by atoms with Gasteiger partial charge in [0.25, 0.3) is 0 Å². The van der Waals surface area contributed by atoms with Gasteiger partial charge in [-0.1, -0.05) is 20.5 Å². The maximum Gasteiger partial charge on any atom is -0.0131 e. The molecule has 0 fully saturated rings. The van der Waals surface area contributed by atoms with Gasteiger partial charge in [-0.3, -0.25) is 0 Å². The summed E-state index contributed by atoms with van der Waals surface area (Å²) in [6, 6.07) is 0. The lowest BCUT2D eigenvalue weighted by molar-refractivity contribution is 1.03. The molecule has 0 spiro atoms. The van der Waals surface area contributed by atoms with Gasteiger partial charge in [-0.2, -0.15) is 0 Å². The molecule has 1 aliphatic heterocycles. The van der Waals surface area contributed by atoms with Crippen molar-refractivity contribution in [3.63, 3.8) is 0 Å². The average Bonchev–Trinajstić information content (AvgIpc) is 1.72. The summed E-state index contributed by atoms with van der Waals surface area (Å²) in [6.45, 7) is 0. The lowest BCUT2D eigenvalue weighted by Crippen LogP contribution is -1.69. The molecule has 1 atom stereocenters. The van der Waals surface area contributed by atoms with Crippen LogP contribution >= 0.6 is 8.58 Å². The second-order valence-electron chi connectivity index (χ2n) is 1.35. The van der Waals surface area contributed by atoms with E-state index >= 15 is 0 Å². The Labute approximate surface area is 40.4 Å². The molecule has 1 aliphatic rings. The maximum atomic E-state index is 2.33. The van der Waals surface area contributed by atoms with Crippen LogP contribution in [-0.4, -0.2) is 0 Å². The lowest BCUT2D eigenvalue weighted by atomic mass is 10.3. The van der Waals surface area contributed by atoms with Crippen molar-refractivity contribution in [1.82, 2.24) is 0 Å². The fourth-order valence-electron chi connectivity index (χ4n) is 0.482. The molecule has 1 heterocycles. The van der Waals surface area contributed by atoms with Crippen molar-refractivity contribution in [3.8, 4) is 0 Å². The van der Waals surface area contributed by atoms with Gasteiger partial charge in [0.05, 0.1) is 0 Å². The molecule has 33 valence electrons. The molecule has 0 N–H and O–H groups in total. The van der Waals surface area contributed by atoms with Gasteiger partial charge in [0.2, 0.25) is 0 Å². The first-order valence-corrected chi connectivity index (χ1v) is 3.38. The van der Waals surface area contributed by atoms with E-state index in [1.54, 1.807) is 0 Å². The van der Waals surface area contributed by atoms with Crippen LogP contribution in [0.15, 0.2) is 11.9 Å². The van der Waals surface area contributed by atoms with Crippen LogP contribution in [0.4, 0.5) is 0 Å². The minimum Gasteiger partial charge on any atom is -0.0949 e. The topological polar surface area (TPSA) is 0 Å². The summed E-state index contributed by atoms with van der Waals surface area (Å²) >= 11 is 0. The highest BCUT2D eigenvalue weighted by atomic mass is 31.1. The Hall–Kier alpha value is 0.170. The SMILES string of the molecule is [CH]1CCC=CP1. The second-order valence-corrected chi connectivity index (χ2v) is 2.43. The largest absolute Gasteiger partial charge is 0.0949 e. The molecule has 1 unspecified atom stereocenters. The summed E-state index contributed by atoms with van der Waals surface area (Å²) in [7, 11) is 0.996. The highest BCUT2D eigenvalue weighted by molar-refractivity contribution is 7.44. The Kier molecular flexibility index (Phi) is 1.71. The summed E-state index contributed by atoms with van der Waals surface area (Å²) in [5.41, 5.74) is 0. The molecule has 0 aliphatic carbocycles.